The van der Waals surface area contributed by atoms with Gasteiger partial charge in [0.2, 0.25) is 0 Å². The van der Waals surface area contributed by atoms with Crippen molar-refractivity contribution >= 4 is 0 Å². The van der Waals surface area contributed by atoms with Gasteiger partial charge >= 0.3 is 0 Å². The van der Waals surface area contributed by atoms with E-state index in [4.69, 9.17) is 9.47 Å². The second-order valence-corrected chi connectivity index (χ2v) is 5.64. The zero-order valence-electron chi connectivity index (χ0n) is 11.9. The van der Waals surface area contributed by atoms with E-state index in [1.807, 2.05) is 6.07 Å². The van der Waals surface area contributed by atoms with Crippen LogP contribution in [0.15, 0.2) is 18.2 Å². The minimum atomic E-state index is 0.605. The highest BCUT2D eigenvalue weighted by atomic mass is 16.5. The molecule has 0 spiro atoms. The molecule has 0 bridgehead atoms. The predicted molar refractivity (Wildman–Crippen MR) is 76.1 cm³/mol. The summed E-state index contributed by atoms with van der Waals surface area (Å²) < 4.78 is 11.5. The molecule has 3 heteroatoms. The largest absolute Gasteiger partial charge is 0.496 e. The van der Waals surface area contributed by atoms with Gasteiger partial charge in [-0.05, 0) is 44.0 Å². The lowest BCUT2D eigenvalue weighted by atomic mass is 9.78. The van der Waals surface area contributed by atoms with Crippen molar-refractivity contribution in [1.82, 2.24) is 4.90 Å². The first-order valence-corrected chi connectivity index (χ1v) is 7.35. The summed E-state index contributed by atoms with van der Waals surface area (Å²) in [6.07, 6.45) is 2.46. The lowest BCUT2D eigenvalue weighted by Gasteiger charge is -2.42. The Kier molecular flexibility index (Phi) is 3.65. The summed E-state index contributed by atoms with van der Waals surface area (Å²) in [5, 5.41) is 0. The van der Waals surface area contributed by atoms with Crippen molar-refractivity contribution in [3.8, 4) is 11.5 Å². The van der Waals surface area contributed by atoms with Crippen LogP contribution in [0.5, 0.6) is 11.5 Å². The molecule has 1 fully saturated rings. The minimum Gasteiger partial charge on any atom is -0.496 e. The van der Waals surface area contributed by atoms with E-state index >= 15 is 0 Å². The Balaban J connectivity index is 1.86. The molecule has 0 unspecified atom stereocenters. The third-order valence-corrected chi connectivity index (χ3v) is 4.43. The van der Waals surface area contributed by atoms with Gasteiger partial charge < -0.3 is 14.4 Å². The smallest absolute Gasteiger partial charge is 0.126 e. The van der Waals surface area contributed by atoms with E-state index in [0.29, 0.717) is 11.8 Å². The number of nitrogens with zero attached hydrogens (tertiary/aromatic N) is 1. The van der Waals surface area contributed by atoms with Crippen LogP contribution >= 0.6 is 0 Å². The molecule has 19 heavy (non-hydrogen) atoms. The molecule has 0 saturated carbocycles. The number of hydrogen-bond acceptors (Lipinski definition) is 3. The predicted octanol–water partition coefficient (Wildman–Crippen LogP) is 2.90. The van der Waals surface area contributed by atoms with Gasteiger partial charge in [-0.1, -0.05) is 13.0 Å². The molecule has 0 aliphatic carbocycles. The summed E-state index contributed by atoms with van der Waals surface area (Å²) in [6, 6.07) is 6.15. The van der Waals surface area contributed by atoms with Crippen LogP contribution < -0.4 is 9.47 Å². The lowest BCUT2D eigenvalue weighted by Crippen LogP contribution is -2.44. The maximum absolute atomic E-state index is 5.96. The molecule has 2 heterocycles. The van der Waals surface area contributed by atoms with Gasteiger partial charge in [0, 0.05) is 18.0 Å². The van der Waals surface area contributed by atoms with Gasteiger partial charge in [-0.2, -0.15) is 0 Å². The summed E-state index contributed by atoms with van der Waals surface area (Å²) in [4.78, 5) is 2.57. The second-order valence-electron chi connectivity index (χ2n) is 5.64. The molecule has 0 aromatic heterocycles. The van der Waals surface area contributed by atoms with Gasteiger partial charge in [-0.15, -0.1) is 0 Å². The quantitative estimate of drug-likeness (QED) is 0.835. The van der Waals surface area contributed by atoms with Crippen molar-refractivity contribution in [3.05, 3.63) is 23.8 Å². The van der Waals surface area contributed by atoms with E-state index in [9.17, 15) is 0 Å². The summed E-state index contributed by atoms with van der Waals surface area (Å²) in [5.74, 6) is 3.25. The van der Waals surface area contributed by atoms with Crippen LogP contribution in [0.1, 0.15) is 31.2 Å². The summed E-state index contributed by atoms with van der Waals surface area (Å²) in [5.41, 5.74) is 1.30. The minimum absolute atomic E-state index is 0.605. The highest BCUT2D eigenvalue weighted by molar-refractivity contribution is 5.49. The Morgan fingerprint density at radius 2 is 2.32 bits per heavy atom. The number of methoxy groups -OCH3 is 1. The molecular formula is C16H23NO2. The van der Waals surface area contributed by atoms with Gasteiger partial charge in [0.1, 0.15) is 11.5 Å². The maximum atomic E-state index is 5.96. The molecule has 2 atom stereocenters. The number of ether oxygens (including phenoxy) is 2. The molecular weight excluding hydrogens is 238 g/mol. The van der Waals surface area contributed by atoms with Crippen LogP contribution in [0.25, 0.3) is 0 Å². The summed E-state index contributed by atoms with van der Waals surface area (Å²) in [7, 11) is 1.76. The molecule has 1 aromatic rings. The molecule has 1 saturated heterocycles. The average Bonchev–Trinajstić information content (AvgIpc) is 2.46. The lowest BCUT2D eigenvalue weighted by molar-refractivity contribution is 0.0916. The molecule has 3 nitrogen and oxygen atoms in total. The van der Waals surface area contributed by atoms with Crippen LogP contribution in [-0.2, 0) is 0 Å². The Bertz CT molecular complexity index is 432. The highest BCUT2D eigenvalue weighted by Crippen LogP contribution is 2.46. The van der Waals surface area contributed by atoms with E-state index < -0.39 is 0 Å². The molecule has 2 aliphatic rings. The maximum Gasteiger partial charge on any atom is 0.126 e. The van der Waals surface area contributed by atoms with Crippen molar-refractivity contribution in [2.45, 2.75) is 25.7 Å². The monoisotopic (exact) mass is 261 g/mol. The van der Waals surface area contributed by atoms with Gasteiger partial charge in [0.05, 0.1) is 13.7 Å². The molecule has 0 amide bonds. The third-order valence-electron chi connectivity index (χ3n) is 4.43. The van der Waals surface area contributed by atoms with E-state index in [-0.39, 0.29) is 0 Å². The van der Waals surface area contributed by atoms with Crippen LogP contribution in [-0.4, -0.2) is 38.3 Å². The summed E-state index contributed by atoms with van der Waals surface area (Å²) >= 11 is 0. The number of likely N-dealkylation sites (tertiary alicyclic amines) is 1. The fourth-order valence-corrected chi connectivity index (χ4v) is 3.57. The molecule has 104 valence electrons. The van der Waals surface area contributed by atoms with Crippen molar-refractivity contribution in [1.29, 1.82) is 0 Å². The van der Waals surface area contributed by atoms with E-state index in [0.717, 1.165) is 24.7 Å². The van der Waals surface area contributed by atoms with Gasteiger partial charge in [-0.3, -0.25) is 0 Å². The third kappa shape index (κ3) is 2.32. The Labute approximate surface area is 115 Å². The first-order valence-electron chi connectivity index (χ1n) is 7.35. The standard InChI is InChI=1S/C16H23NO2/c1-3-8-17-9-7-13-12(10-17)11-19-15-6-4-5-14(18-2)16(13)15/h4-6,12-13H,3,7-11H2,1-2H3/t12-,13+/m1/s1. The first kappa shape index (κ1) is 12.8. The number of piperidine rings is 1. The van der Waals surface area contributed by atoms with Crippen molar-refractivity contribution < 1.29 is 9.47 Å². The number of fused-ring (bicyclic) bond motifs is 3. The highest BCUT2D eigenvalue weighted by Gasteiger charge is 2.37. The Hall–Kier alpha value is -1.22. The van der Waals surface area contributed by atoms with Crippen molar-refractivity contribution in [2.75, 3.05) is 33.4 Å². The molecule has 3 rings (SSSR count). The topological polar surface area (TPSA) is 21.7 Å². The molecule has 0 radical (unpaired) electrons. The fourth-order valence-electron chi connectivity index (χ4n) is 3.57. The average molecular weight is 261 g/mol. The zero-order valence-corrected chi connectivity index (χ0v) is 11.9. The van der Waals surface area contributed by atoms with Gasteiger partial charge in [0.25, 0.3) is 0 Å². The van der Waals surface area contributed by atoms with Crippen LogP contribution in [0.2, 0.25) is 0 Å². The normalized spacial score (nSPS) is 26.2. The fraction of sp³-hybridized carbons (Fsp3) is 0.625. The van der Waals surface area contributed by atoms with E-state index in [1.165, 1.54) is 31.5 Å². The number of rotatable bonds is 3. The summed E-state index contributed by atoms with van der Waals surface area (Å²) in [6.45, 7) is 6.68. The molecule has 1 aromatic carbocycles. The van der Waals surface area contributed by atoms with Crippen LogP contribution in [0, 0.1) is 5.92 Å². The molecule has 2 aliphatic heterocycles. The van der Waals surface area contributed by atoms with Gasteiger partial charge in [-0.25, -0.2) is 0 Å². The Morgan fingerprint density at radius 1 is 1.42 bits per heavy atom. The van der Waals surface area contributed by atoms with Crippen LogP contribution in [0.4, 0.5) is 0 Å². The van der Waals surface area contributed by atoms with E-state index in [1.54, 1.807) is 7.11 Å². The Morgan fingerprint density at radius 3 is 3.11 bits per heavy atom. The van der Waals surface area contributed by atoms with Crippen molar-refractivity contribution in [3.63, 3.8) is 0 Å². The molecule has 0 N–H and O–H groups in total. The SMILES string of the molecule is CCCN1CC[C@@H]2c3c(OC)cccc3OC[C@H]2C1. The van der Waals surface area contributed by atoms with E-state index in [2.05, 4.69) is 24.0 Å². The zero-order chi connectivity index (χ0) is 13.2. The van der Waals surface area contributed by atoms with Crippen molar-refractivity contribution in [2.24, 2.45) is 5.92 Å². The van der Waals surface area contributed by atoms with Crippen LogP contribution in [0.3, 0.4) is 0 Å². The second kappa shape index (κ2) is 5.41. The number of benzene rings is 1. The van der Waals surface area contributed by atoms with Gasteiger partial charge in [0.15, 0.2) is 0 Å². The first-order chi connectivity index (χ1) is 9.33. The number of hydrogen-bond donors (Lipinski definition) is 0.